The second-order valence-corrected chi connectivity index (χ2v) is 9.08. The van der Waals surface area contributed by atoms with Gasteiger partial charge in [-0.05, 0) is 61.9 Å². The van der Waals surface area contributed by atoms with E-state index >= 15 is 0 Å². The van der Waals surface area contributed by atoms with Gasteiger partial charge in [0.15, 0.2) is 5.78 Å². The van der Waals surface area contributed by atoms with E-state index in [1.165, 1.54) is 12.1 Å². The molecule has 1 saturated heterocycles. The molecule has 0 bridgehead atoms. The van der Waals surface area contributed by atoms with Gasteiger partial charge >= 0.3 is 6.18 Å². The van der Waals surface area contributed by atoms with E-state index in [9.17, 15) is 23.1 Å². The van der Waals surface area contributed by atoms with E-state index in [0.717, 1.165) is 47.8 Å². The molecule has 8 heteroatoms. The number of carbonyl (C=O) groups is 1. The van der Waals surface area contributed by atoms with Crippen LogP contribution in [0.3, 0.4) is 0 Å². The van der Waals surface area contributed by atoms with Crippen molar-refractivity contribution in [3.05, 3.63) is 56.9 Å². The molecule has 0 saturated carbocycles. The van der Waals surface area contributed by atoms with Crippen LogP contribution < -0.4 is 0 Å². The zero-order chi connectivity index (χ0) is 22.5. The number of β-amino-alcohol motifs (C(OH)–C–C–N with tert-alkyl or cyclic N) is 1. The van der Waals surface area contributed by atoms with Gasteiger partial charge in [0.25, 0.3) is 0 Å². The van der Waals surface area contributed by atoms with Gasteiger partial charge in [0.2, 0.25) is 0 Å². The van der Waals surface area contributed by atoms with Gasteiger partial charge < -0.3 is 10.1 Å². The fourth-order valence-corrected chi connectivity index (χ4v) is 5.39. The van der Waals surface area contributed by atoms with Crippen molar-refractivity contribution in [3.63, 3.8) is 0 Å². The van der Waals surface area contributed by atoms with Crippen molar-refractivity contribution in [1.29, 1.82) is 0 Å². The quantitative estimate of drug-likeness (QED) is 0.686. The standard InChI is InChI=1S/C23H26ClF3N2O2/c1-3-15-12(2)28-19-9-13-6-7-29(10-16(13)22(31)21(15)19)11-20(30)14-4-5-18(24)17(8-14)23(25,26)27/h4-5,8,13,16,20,28,30H,3,6-7,9-11H2,1-2H3. The number of ketones is 1. The molecule has 1 aliphatic heterocycles. The summed E-state index contributed by atoms with van der Waals surface area (Å²) < 4.78 is 39.4. The first-order valence-corrected chi connectivity index (χ1v) is 11.0. The lowest BCUT2D eigenvalue weighted by Crippen LogP contribution is -2.47. The Hall–Kier alpha value is -1.83. The predicted molar refractivity (Wildman–Crippen MR) is 112 cm³/mol. The first-order chi connectivity index (χ1) is 14.6. The summed E-state index contributed by atoms with van der Waals surface area (Å²) in [5.74, 6) is 0.255. The van der Waals surface area contributed by atoms with E-state index < -0.39 is 17.8 Å². The Morgan fingerprint density at radius 1 is 1.35 bits per heavy atom. The van der Waals surface area contributed by atoms with Gasteiger partial charge in [0.1, 0.15) is 0 Å². The number of H-pyrrole nitrogens is 1. The third-order valence-electron chi connectivity index (χ3n) is 6.75. The SMILES string of the molecule is CCc1c(C)[nH]c2c1C(=O)C1CN(CC(O)c3ccc(Cl)c(C(F)(F)F)c3)CCC1C2. The average Bonchev–Trinajstić information content (AvgIpc) is 3.03. The molecule has 1 aromatic carbocycles. The average molecular weight is 455 g/mol. The number of hydrogen-bond donors (Lipinski definition) is 2. The Balaban J connectivity index is 1.50. The summed E-state index contributed by atoms with van der Waals surface area (Å²) in [5.41, 5.74) is 3.22. The lowest BCUT2D eigenvalue weighted by molar-refractivity contribution is -0.137. The largest absolute Gasteiger partial charge is 0.417 e. The molecule has 168 valence electrons. The lowest BCUT2D eigenvalue weighted by atomic mass is 9.72. The first-order valence-electron chi connectivity index (χ1n) is 10.6. The number of hydrogen-bond acceptors (Lipinski definition) is 3. The molecule has 1 aliphatic carbocycles. The highest BCUT2D eigenvalue weighted by Crippen LogP contribution is 2.39. The minimum absolute atomic E-state index is 0.148. The highest BCUT2D eigenvalue weighted by Gasteiger charge is 2.42. The fraction of sp³-hybridized carbons (Fsp3) is 0.522. The van der Waals surface area contributed by atoms with Crippen LogP contribution in [0.15, 0.2) is 18.2 Å². The van der Waals surface area contributed by atoms with Crippen molar-refractivity contribution >= 4 is 17.4 Å². The van der Waals surface area contributed by atoms with Crippen LogP contribution in [0.25, 0.3) is 0 Å². The number of halogens is 4. The van der Waals surface area contributed by atoms with E-state index in [-0.39, 0.29) is 34.7 Å². The number of fused-ring (bicyclic) bond motifs is 2. The molecule has 2 aromatic rings. The van der Waals surface area contributed by atoms with Gasteiger partial charge in [0.05, 0.1) is 16.7 Å². The zero-order valence-electron chi connectivity index (χ0n) is 17.5. The maximum Gasteiger partial charge on any atom is 0.417 e. The number of aromatic nitrogens is 1. The van der Waals surface area contributed by atoms with Crippen molar-refractivity contribution in [3.8, 4) is 0 Å². The van der Waals surface area contributed by atoms with Gasteiger partial charge in [0, 0.05) is 36.0 Å². The molecule has 2 heterocycles. The molecule has 0 spiro atoms. The number of aromatic amines is 1. The summed E-state index contributed by atoms with van der Waals surface area (Å²) in [6, 6.07) is 3.50. The number of nitrogens with one attached hydrogen (secondary N) is 1. The Bertz CT molecular complexity index is 1000. The van der Waals surface area contributed by atoms with E-state index in [1.807, 2.05) is 18.7 Å². The van der Waals surface area contributed by atoms with E-state index in [1.54, 1.807) is 0 Å². The molecule has 0 radical (unpaired) electrons. The normalized spacial score (nSPS) is 22.9. The molecule has 2 aliphatic rings. The molecule has 31 heavy (non-hydrogen) atoms. The van der Waals surface area contributed by atoms with Crippen molar-refractivity contribution in [2.45, 2.75) is 45.4 Å². The number of aliphatic hydroxyl groups is 1. The molecular formula is C23H26ClF3N2O2. The van der Waals surface area contributed by atoms with E-state index in [2.05, 4.69) is 4.98 Å². The smallest absolute Gasteiger partial charge is 0.387 e. The molecule has 3 unspecified atom stereocenters. The van der Waals surface area contributed by atoms with Gasteiger partial charge in [-0.2, -0.15) is 13.2 Å². The summed E-state index contributed by atoms with van der Waals surface area (Å²) in [6.45, 7) is 5.42. The third-order valence-corrected chi connectivity index (χ3v) is 7.08. The van der Waals surface area contributed by atoms with Crippen molar-refractivity contribution in [2.24, 2.45) is 11.8 Å². The van der Waals surface area contributed by atoms with Crippen molar-refractivity contribution < 1.29 is 23.1 Å². The number of aryl methyl sites for hydroxylation is 1. The number of carbonyl (C=O) groups excluding carboxylic acids is 1. The molecule has 4 nitrogen and oxygen atoms in total. The molecule has 4 rings (SSSR count). The maximum atomic E-state index is 13.3. The monoisotopic (exact) mass is 454 g/mol. The van der Waals surface area contributed by atoms with Gasteiger partial charge in [-0.15, -0.1) is 0 Å². The maximum absolute atomic E-state index is 13.3. The second-order valence-electron chi connectivity index (χ2n) is 8.67. The molecular weight excluding hydrogens is 429 g/mol. The first kappa shape index (κ1) is 22.4. The Kier molecular flexibility index (Phi) is 5.96. The predicted octanol–water partition coefficient (Wildman–Crippen LogP) is 4.97. The van der Waals surface area contributed by atoms with Crippen LogP contribution in [0.5, 0.6) is 0 Å². The van der Waals surface area contributed by atoms with Gasteiger partial charge in [-0.25, -0.2) is 0 Å². The van der Waals surface area contributed by atoms with E-state index in [0.29, 0.717) is 13.1 Å². The number of rotatable bonds is 4. The van der Waals surface area contributed by atoms with Crippen molar-refractivity contribution in [1.82, 2.24) is 9.88 Å². The van der Waals surface area contributed by atoms with Crippen LogP contribution in [0.2, 0.25) is 5.02 Å². The summed E-state index contributed by atoms with van der Waals surface area (Å²) >= 11 is 5.69. The zero-order valence-corrected chi connectivity index (χ0v) is 18.3. The number of aliphatic hydroxyl groups excluding tert-OH is 1. The lowest BCUT2D eigenvalue weighted by Gasteiger charge is -2.41. The number of likely N-dealkylation sites (tertiary alicyclic amines) is 1. The topological polar surface area (TPSA) is 56.3 Å². The molecule has 1 fully saturated rings. The van der Waals surface area contributed by atoms with Crippen molar-refractivity contribution in [2.75, 3.05) is 19.6 Å². The fourth-order valence-electron chi connectivity index (χ4n) is 5.17. The van der Waals surface area contributed by atoms with Crippen LogP contribution in [0.1, 0.15) is 57.9 Å². The number of benzene rings is 1. The minimum atomic E-state index is -4.58. The van der Waals surface area contributed by atoms with Gasteiger partial charge in [-0.1, -0.05) is 24.6 Å². The number of nitrogens with zero attached hydrogens (tertiary/aromatic N) is 1. The Labute approximate surface area is 184 Å². The molecule has 2 N–H and O–H groups in total. The highest BCUT2D eigenvalue weighted by molar-refractivity contribution is 6.31. The van der Waals surface area contributed by atoms with Crippen LogP contribution >= 0.6 is 11.6 Å². The third kappa shape index (κ3) is 4.15. The van der Waals surface area contributed by atoms with E-state index in [4.69, 9.17) is 11.6 Å². The Morgan fingerprint density at radius 2 is 2.10 bits per heavy atom. The van der Waals surface area contributed by atoms with Crippen LogP contribution in [0, 0.1) is 18.8 Å². The van der Waals surface area contributed by atoms with Crippen LogP contribution in [-0.4, -0.2) is 40.4 Å². The summed E-state index contributed by atoms with van der Waals surface area (Å²) in [4.78, 5) is 18.7. The van der Waals surface area contributed by atoms with Crippen LogP contribution in [-0.2, 0) is 19.0 Å². The number of alkyl halides is 3. The summed E-state index contributed by atoms with van der Waals surface area (Å²) in [6.07, 6.45) is -3.22. The minimum Gasteiger partial charge on any atom is -0.387 e. The summed E-state index contributed by atoms with van der Waals surface area (Å²) in [5, 5.41) is 10.2. The molecule has 1 aromatic heterocycles. The van der Waals surface area contributed by atoms with Gasteiger partial charge in [-0.3, -0.25) is 9.69 Å². The number of Topliss-reactive ketones (excluding diaryl/α,β-unsaturated/α-hetero) is 1. The Morgan fingerprint density at radius 3 is 2.77 bits per heavy atom. The second kappa shape index (κ2) is 8.26. The highest BCUT2D eigenvalue weighted by atomic mass is 35.5. The molecule has 0 amide bonds. The van der Waals surface area contributed by atoms with Crippen LogP contribution in [0.4, 0.5) is 13.2 Å². The summed E-state index contributed by atoms with van der Waals surface area (Å²) in [7, 11) is 0. The molecule has 3 atom stereocenters. The number of piperidine rings is 1.